The van der Waals surface area contributed by atoms with Crippen LogP contribution in [0.15, 0.2) is 83.8 Å². The zero-order valence-electron chi connectivity index (χ0n) is 20.6. The van der Waals surface area contributed by atoms with Gasteiger partial charge < -0.3 is 5.32 Å². The van der Waals surface area contributed by atoms with Crippen molar-refractivity contribution in [2.24, 2.45) is 0 Å². The molecule has 1 amide bonds. The minimum Gasteiger partial charge on any atom is -0.351 e. The Hall–Kier alpha value is -2.65. The summed E-state index contributed by atoms with van der Waals surface area (Å²) in [6.45, 7) is 5.47. The van der Waals surface area contributed by atoms with Crippen LogP contribution in [-0.4, -0.2) is 62.0 Å². The van der Waals surface area contributed by atoms with Gasteiger partial charge in [-0.1, -0.05) is 60.2 Å². The first-order valence-corrected chi connectivity index (χ1v) is 14.8. The van der Waals surface area contributed by atoms with Gasteiger partial charge in [-0.15, -0.1) is 0 Å². The summed E-state index contributed by atoms with van der Waals surface area (Å²) in [5, 5.41) is 3.01. The standard InChI is InChI=1S/C28H33N3O3S2/c1-23-10-12-27(13-11-23)36(33,34)31-17-15-30(16-18-31)21-25-8-5-9-26(20-25)28(32)29-14-19-35-22-24-6-3-2-4-7-24/h2-13,20H,14-19,21-22H2,1H3,(H,29,32). The largest absolute Gasteiger partial charge is 0.351 e. The lowest BCUT2D eigenvalue weighted by atomic mass is 10.1. The van der Waals surface area contributed by atoms with Gasteiger partial charge in [-0.2, -0.15) is 16.1 Å². The highest BCUT2D eigenvalue weighted by molar-refractivity contribution is 7.98. The predicted molar refractivity (Wildman–Crippen MR) is 147 cm³/mol. The molecule has 190 valence electrons. The number of benzene rings is 3. The molecule has 0 atom stereocenters. The van der Waals surface area contributed by atoms with Crippen molar-refractivity contribution in [3.05, 3.63) is 101 Å². The van der Waals surface area contributed by atoms with Crippen LogP contribution in [-0.2, 0) is 22.3 Å². The SMILES string of the molecule is Cc1ccc(S(=O)(=O)N2CCN(Cc3cccc(C(=O)NCCSCc4ccccc4)c3)CC2)cc1. The van der Waals surface area contributed by atoms with E-state index in [1.807, 2.05) is 61.5 Å². The monoisotopic (exact) mass is 523 g/mol. The Labute approximate surface area is 218 Å². The number of hydrogen-bond acceptors (Lipinski definition) is 5. The number of hydrogen-bond donors (Lipinski definition) is 1. The van der Waals surface area contributed by atoms with Gasteiger partial charge in [0.05, 0.1) is 4.90 Å². The average molecular weight is 524 g/mol. The highest BCUT2D eigenvalue weighted by Crippen LogP contribution is 2.19. The number of sulfonamides is 1. The maximum atomic E-state index is 12.9. The van der Waals surface area contributed by atoms with Crippen LogP contribution in [0.3, 0.4) is 0 Å². The van der Waals surface area contributed by atoms with E-state index in [1.165, 1.54) is 5.56 Å². The summed E-state index contributed by atoms with van der Waals surface area (Å²) in [6.07, 6.45) is 0. The second kappa shape index (κ2) is 12.5. The molecule has 1 N–H and O–H groups in total. The number of rotatable bonds is 10. The molecule has 0 radical (unpaired) electrons. The van der Waals surface area contributed by atoms with Gasteiger partial charge in [-0.25, -0.2) is 8.42 Å². The Bertz CT molecular complexity index is 1240. The van der Waals surface area contributed by atoms with E-state index in [0.717, 1.165) is 22.6 Å². The number of piperazine rings is 1. The lowest BCUT2D eigenvalue weighted by Gasteiger charge is -2.34. The van der Waals surface area contributed by atoms with Crippen LogP contribution in [0.1, 0.15) is 27.0 Å². The molecule has 0 saturated carbocycles. The van der Waals surface area contributed by atoms with Crippen molar-refractivity contribution in [1.29, 1.82) is 0 Å². The van der Waals surface area contributed by atoms with Gasteiger partial charge in [0, 0.05) is 56.3 Å². The van der Waals surface area contributed by atoms with E-state index in [2.05, 4.69) is 22.3 Å². The lowest BCUT2D eigenvalue weighted by Crippen LogP contribution is -2.48. The molecule has 1 heterocycles. The molecule has 1 aliphatic rings. The molecule has 0 spiro atoms. The molecule has 1 aliphatic heterocycles. The Morgan fingerprint density at radius 1 is 0.889 bits per heavy atom. The fraction of sp³-hybridized carbons (Fsp3) is 0.321. The van der Waals surface area contributed by atoms with E-state index in [4.69, 9.17) is 0 Å². The molecule has 1 saturated heterocycles. The number of nitrogens with zero attached hydrogens (tertiary/aromatic N) is 2. The van der Waals surface area contributed by atoms with Gasteiger partial charge in [0.1, 0.15) is 0 Å². The summed E-state index contributed by atoms with van der Waals surface area (Å²) in [6, 6.07) is 25.0. The smallest absolute Gasteiger partial charge is 0.251 e. The highest BCUT2D eigenvalue weighted by Gasteiger charge is 2.28. The molecule has 36 heavy (non-hydrogen) atoms. The first-order valence-electron chi connectivity index (χ1n) is 12.2. The predicted octanol–water partition coefficient (Wildman–Crippen LogP) is 4.16. The molecule has 0 bridgehead atoms. The molecule has 0 unspecified atom stereocenters. The van der Waals surface area contributed by atoms with Gasteiger partial charge >= 0.3 is 0 Å². The van der Waals surface area contributed by atoms with Crippen LogP contribution in [0, 0.1) is 6.92 Å². The summed E-state index contributed by atoms with van der Waals surface area (Å²) >= 11 is 1.80. The Balaban J connectivity index is 1.23. The molecule has 8 heteroatoms. The van der Waals surface area contributed by atoms with Crippen LogP contribution in [0.4, 0.5) is 0 Å². The third-order valence-electron chi connectivity index (χ3n) is 6.23. The van der Waals surface area contributed by atoms with Gasteiger partial charge in [-0.3, -0.25) is 9.69 Å². The maximum absolute atomic E-state index is 12.9. The summed E-state index contributed by atoms with van der Waals surface area (Å²) in [7, 11) is -3.47. The second-order valence-electron chi connectivity index (χ2n) is 8.99. The van der Waals surface area contributed by atoms with Crippen LogP contribution in [0.2, 0.25) is 0 Å². The Morgan fingerprint density at radius 2 is 1.58 bits per heavy atom. The van der Waals surface area contributed by atoms with Gasteiger partial charge in [-0.05, 0) is 42.3 Å². The zero-order valence-corrected chi connectivity index (χ0v) is 22.2. The van der Waals surface area contributed by atoms with Crippen LogP contribution < -0.4 is 5.32 Å². The van der Waals surface area contributed by atoms with E-state index < -0.39 is 10.0 Å². The molecule has 0 aliphatic carbocycles. The van der Waals surface area contributed by atoms with Crippen molar-refractivity contribution in [1.82, 2.24) is 14.5 Å². The van der Waals surface area contributed by atoms with Crippen LogP contribution in [0.5, 0.6) is 0 Å². The third-order valence-corrected chi connectivity index (χ3v) is 9.17. The van der Waals surface area contributed by atoms with Gasteiger partial charge in [0.2, 0.25) is 10.0 Å². The number of amides is 1. The van der Waals surface area contributed by atoms with Gasteiger partial charge in [0.25, 0.3) is 5.91 Å². The molecular formula is C28H33N3O3S2. The van der Waals surface area contributed by atoms with Crippen LogP contribution >= 0.6 is 11.8 Å². The molecule has 1 fully saturated rings. The summed E-state index contributed by atoms with van der Waals surface area (Å²) in [4.78, 5) is 15.2. The minimum absolute atomic E-state index is 0.0637. The fourth-order valence-corrected chi connectivity index (χ4v) is 6.40. The lowest BCUT2D eigenvalue weighted by molar-refractivity contribution is 0.0956. The number of aryl methyl sites for hydroxylation is 1. The first kappa shape index (κ1) is 26.4. The van der Waals surface area contributed by atoms with Crippen molar-refractivity contribution >= 4 is 27.7 Å². The second-order valence-corrected chi connectivity index (χ2v) is 12.0. The Kier molecular flexibility index (Phi) is 9.20. The zero-order chi connectivity index (χ0) is 25.4. The van der Waals surface area contributed by atoms with E-state index >= 15 is 0 Å². The Morgan fingerprint density at radius 3 is 2.31 bits per heavy atom. The average Bonchev–Trinajstić information content (AvgIpc) is 2.90. The normalized spacial score (nSPS) is 15.0. The quantitative estimate of drug-likeness (QED) is 0.404. The number of nitrogens with one attached hydrogen (secondary N) is 1. The highest BCUT2D eigenvalue weighted by atomic mass is 32.2. The molecule has 6 nitrogen and oxygen atoms in total. The van der Waals surface area contributed by atoms with Crippen molar-refractivity contribution in [3.8, 4) is 0 Å². The van der Waals surface area contributed by atoms with E-state index in [0.29, 0.717) is 49.7 Å². The van der Waals surface area contributed by atoms with Crippen molar-refractivity contribution in [2.45, 2.75) is 24.1 Å². The molecule has 3 aromatic rings. The minimum atomic E-state index is -3.47. The van der Waals surface area contributed by atoms with E-state index in [1.54, 1.807) is 28.2 Å². The number of carbonyl (C=O) groups excluding carboxylic acids is 1. The van der Waals surface area contributed by atoms with Crippen molar-refractivity contribution < 1.29 is 13.2 Å². The summed E-state index contributed by atoms with van der Waals surface area (Å²) in [5.41, 5.74) is 4.03. The molecule has 4 rings (SSSR count). The first-order chi connectivity index (χ1) is 17.4. The van der Waals surface area contributed by atoms with Gasteiger partial charge in [0.15, 0.2) is 0 Å². The van der Waals surface area contributed by atoms with Crippen LogP contribution in [0.25, 0.3) is 0 Å². The number of carbonyl (C=O) groups is 1. The molecule has 3 aromatic carbocycles. The molecular weight excluding hydrogens is 490 g/mol. The summed E-state index contributed by atoms with van der Waals surface area (Å²) < 4.78 is 27.5. The number of thioether (sulfide) groups is 1. The van der Waals surface area contributed by atoms with Crippen molar-refractivity contribution in [3.63, 3.8) is 0 Å². The van der Waals surface area contributed by atoms with E-state index in [-0.39, 0.29) is 5.91 Å². The maximum Gasteiger partial charge on any atom is 0.251 e. The van der Waals surface area contributed by atoms with Crippen molar-refractivity contribution in [2.75, 3.05) is 38.5 Å². The van der Waals surface area contributed by atoms with E-state index in [9.17, 15) is 13.2 Å². The third kappa shape index (κ3) is 7.20. The topological polar surface area (TPSA) is 69.7 Å². The fourth-order valence-electron chi connectivity index (χ4n) is 4.16. The summed E-state index contributed by atoms with van der Waals surface area (Å²) in [5.74, 6) is 1.73. The molecule has 0 aromatic heterocycles.